The van der Waals surface area contributed by atoms with E-state index in [4.69, 9.17) is 9.97 Å². The second-order valence-corrected chi connectivity index (χ2v) is 16.2. The van der Waals surface area contributed by atoms with Crippen molar-refractivity contribution < 1.29 is 0 Å². The molecule has 10 aromatic carbocycles. The number of rotatable bonds is 5. The first-order chi connectivity index (χ1) is 30.7. The topological polar surface area (TPSA) is 35.6 Å². The Labute approximate surface area is 357 Å². The molecule has 0 radical (unpaired) electrons. The van der Waals surface area contributed by atoms with Crippen molar-refractivity contribution >= 4 is 75.9 Å². The number of aromatic nitrogens is 4. The predicted molar refractivity (Wildman–Crippen MR) is 260 cm³/mol. The van der Waals surface area contributed by atoms with Gasteiger partial charge in [-0.15, -0.1) is 0 Å². The number of benzene rings is 10. The van der Waals surface area contributed by atoms with Crippen LogP contribution in [0.3, 0.4) is 0 Å². The van der Waals surface area contributed by atoms with Gasteiger partial charge >= 0.3 is 0 Å². The Balaban J connectivity index is 1.12. The van der Waals surface area contributed by atoms with E-state index in [2.05, 4.69) is 228 Å². The summed E-state index contributed by atoms with van der Waals surface area (Å²) in [5.41, 5.74) is 10.6. The normalized spacial score (nSPS) is 11.9. The fourth-order valence-electron chi connectivity index (χ4n) is 9.93. The van der Waals surface area contributed by atoms with Crippen LogP contribution in [0, 0.1) is 0 Å². The quantitative estimate of drug-likeness (QED) is 0.163. The highest BCUT2D eigenvalue weighted by Gasteiger charge is 2.20. The molecule has 3 heterocycles. The standard InChI is InChI=1S/C58H36N4/c1-2-16-37(17-3-1)52-36-57(62-55-28-14-10-24-49(55)50-25-11-15-29-56(50)62)60-58(59-52)40-32-39(33-41(34-40)61-53-26-12-8-22-47(53)48-23-9-13-27-54(48)61)38-30-31-46-44-20-5-4-18-42(44)43-19-6-7-21-45(43)51(46)35-38/h1-36H. The van der Waals surface area contributed by atoms with E-state index < -0.39 is 0 Å². The summed E-state index contributed by atoms with van der Waals surface area (Å²) in [5.74, 6) is 1.48. The summed E-state index contributed by atoms with van der Waals surface area (Å²) in [7, 11) is 0. The number of hydrogen-bond donors (Lipinski definition) is 0. The van der Waals surface area contributed by atoms with E-state index in [1.54, 1.807) is 0 Å². The maximum atomic E-state index is 5.52. The summed E-state index contributed by atoms with van der Waals surface area (Å²) < 4.78 is 4.69. The first-order valence-electron chi connectivity index (χ1n) is 21.2. The third-order valence-electron chi connectivity index (χ3n) is 12.7. The van der Waals surface area contributed by atoms with E-state index in [0.717, 1.165) is 61.5 Å². The van der Waals surface area contributed by atoms with Gasteiger partial charge in [0.2, 0.25) is 0 Å². The zero-order chi connectivity index (χ0) is 40.7. The van der Waals surface area contributed by atoms with Gasteiger partial charge in [0.1, 0.15) is 5.82 Å². The van der Waals surface area contributed by atoms with Gasteiger partial charge in [-0.3, -0.25) is 4.57 Å². The molecule has 13 aromatic rings. The molecule has 0 amide bonds. The predicted octanol–water partition coefficient (Wildman–Crippen LogP) is 15.1. The third-order valence-corrected chi connectivity index (χ3v) is 12.7. The van der Waals surface area contributed by atoms with Crippen LogP contribution in [-0.2, 0) is 0 Å². The van der Waals surface area contributed by atoms with E-state index in [1.165, 1.54) is 53.9 Å². The summed E-state index contributed by atoms with van der Waals surface area (Å²) in [4.78, 5) is 10.9. The minimum absolute atomic E-state index is 0.657. The van der Waals surface area contributed by atoms with Crippen LogP contribution in [0.1, 0.15) is 0 Å². The highest BCUT2D eigenvalue weighted by atomic mass is 15.1. The van der Waals surface area contributed by atoms with Crippen LogP contribution in [0.4, 0.5) is 0 Å². The second kappa shape index (κ2) is 13.6. The Hall–Kier alpha value is -8.34. The van der Waals surface area contributed by atoms with Gasteiger partial charge in [-0.05, 0) is 92.0 Å². The molecule has 0 bridgehead atoms. The summed E-state index contributed by atoms with van der Waals surface area (Å²) in [6, 6.07) is 78.6. The van der Waals surface area contributed by atoms with Crippen LogP contribution < -0.4 is 0 Å². The Morgan fingerprint density at radius 1 is 0.258 bits per heavy atom. The molecule has 13 rings (SSSR count). The van der Waals surface area contributed by atoms with Crippen molar-refractivity contribution in [3.05, 3.63) is 218 Å². The fourth-order valence-corrected chi connectivity index (χ4v) is 9.93. The third kappa shape index (κ3) is 5.27. The van der Waals surface area contributed by atoms with Crippen molar-refractivity contribution in [1.82, 2.24) is 19.1 Å². The average Bonchev–Trinajstić information content (AvgIpc) is 3.87. The monoisotopic (exact) mass is 788 g/mol. The largest absolute Gasteiger partial charge is 0.309 e. The lowest BCUT2D eigenvalue weighted by Crippen LogP contribution is -2.03. The molecule has 0 aliphatic rings. The average molecular weight is 789 g/mol. The highest BCUT2D eigenvalue weighted by molar-refractivity contribution is 6.25. The lowest BCUT2D eigenvalue weighted by atomic mass is 9.91. The Morgan fingerprint density at radius 3 is 1.24 bits per heavy atom. The smallest absolute Gasteiger partial charge is 0.162 e. The van der Waals surface area contributed by atoms with Gasteiger partial charge in [-0.2, -0.15) is 0 Å². The van der Waals surface area contributed by atoms with Crippen molar-refractivity contribution in [3.63, 3.8) is 0 Å². The maximum Gasteiger partial charge on any atom is 0.162 e. The van der Waals surface area contributed by atoms with E-state index in [-0.39, 0.29) is 0 Å². The Bertz CT molecular complexity index is 3790. The van der Waals surface area contributed by atoms with Crippen LogP contribution in [0.25, 0.3) is 121 Å². The molecular weight excluding hydrogens is 753 g/mol. The summed E-state index contributed by atoms with van der Waals surface area (Å²) in [5, 5.41) is 12.3. The van der Waals surface area contributed by atoms with Crippen LogP contribution in [-0.4, -0.2) is 19.1 Å². The second-order valence-electron chi connectivity index (χ2n) is 16.2. The van der Waals surface area contributed by atoms with Crippen LogP contribution >= 0.6 is 0 Å². The van der Waals surface area contributed by atoms with Crippen LogP contribution in [0.5, 0.6) is 0 Å². The molecule has 4 nitrogen and oxygen atoms in total. The van der Waals surface area contributed by atoms with Gasteiger partial charge in [-0.1, -0.05) is 164 Å². The molecule has 62 heavy (non-hydrogen) atoms. The van der Waals surface area contributed by atoms with Gasteiger partial charge < -0.3 is 4.57 Å². The minimum atomic E-state index is 0.657. The Morgan fingerprint density at radius 2 is 0.694 bits per heavy atom. The number of hydrogen-bond acceptors (Lipinski definition) is 2. The highest BCUT2D eigenvalue weighted by Crippen LogP contribution is 2.41. The molecule has 0 saturated heterocycles. The van der Waals surface area contributed by atoms with E-state index in [0.29, 0.717) is 5.82 Å². The molecule has 0 fully saturated rings. The fraction of sp³-hybridized carbons (Fsp3) is 0. The van der Waals surface area contributed by atoms with E-state index >= 15 is 0 Å². The molecule has 0 atom stereocenters. The van der Waals surface area contributed by atoms with E-state index in [9.17, 15) is 0 Å². The molecule has 0 unspecified atom stereocenters. The first-order valence-corrected chi connectivity index (χ1v) is 21.2. The molecule has 0 spiro atoms. The van der Waals surface area contributed by atoms with Crippen LogP contribution in [0.15, 0.2) is 218 Å². The maximum absolute atomic E-state index is 5.52. The van der Waals surface area contributed by atoms with Crippen molar-refractivity contribution in [3.8, 4) is 45.3 Å². The molecule has 0 saturated carbocycles. The molecule has 3 aromatic heterocycles. The number of para-hydroxylation sites is 4. The Kier molecular flexibility index (Phi) is 7.57. The SMILES string of the molecule is c1ccc(-c2cc(-n3c4ccccc4c4ccccc43)nc(-c3cc(-c4ccc5c6ccccc6c6ccccc6c5c4)cc(-n4c5ccccc5c5ccccc54)c3)n2)cc1. The molecule has 0 aliphatic carbocycles. The summed E-state index contributed by atoms with van der Waals surface area (Å²) >= 11 is 0. The summed E-state index contributed by atoms with van der Waals surface area (Å²) in [6.45, 7) is 0. The first kappa shape index (κ1) is 34.5. The van der Waals surface area contributed by atoms with Crippen molar-refractivity contribution in [1.29, 1.82) is 0 Å². The lowest BCUT2D eigenvalue weighted by molar-refractivity contribution is 1.05. The van der Waals surface area contributed by atoms with Gasteiger partial charge in [0, 0.05) is 44.4 Å². The van der Waals surface area contributed by atoms with Crippen molar-refractivity contribution in [2.45, 2.75) is 0 Å². The zero-order valence-electron chi connectivity index (χ0n) is 33.6. The molecule has 288 valence electrons. The molecule has 0 N–H and O–H groups in total. The molecular formula is C58H36N4. The van der Waals surface area contributed by atoms with Gasteiger partial charge in [-0.25, -0.2) is 9.97 Å². The van der Waals surface area contributed by atoms with E-state index in [1.807, 2.05) is 0 Å². The van der Waals surface area contributed by atoms with Gasteiger partial charge in [0.05, 0.1) is 27.8 Å². The summed E-state index contributed by atoms with van der Waals surface area (Å²) in [6.07, 6.45) is 0. The van der Waals surface area contributed by atoms with Crippen LogP contribution in [0.2, 0.25) is 0 Å². The van der Waals surface area contributed by atoms with Crippen molar-refractivity contribution in [2.75, 3.05) is 0 Å². The minimum Gasteiger partial charge on any atom is -0.309 e. The van der Waals surface area contributed by atoms with Gasteiger partial charge in [0.25, 0.3) is 0 Å². The number of fused-ring (bicyclic) bond motifs is 12. The zero-order valence-corrected chi connectivity index (χ0v) is 33.6. The number of nitrogens with zero attached hydrogens (tertiary/aromatic N) is 4. The molecule has 4 heteroatoms. The molecule has 0 aliphatic heterocycles. The van der Waals surface area contributed by atoms with Gasteiger partial charge in [0.15, 0.2) is 5.82 Å². The van der Waals surface area contributed by atoms with Crippen molar-refractivity contribution in [2.24, 2.45) is 0 Å². The lowest BCUT2D eigenvalue weighted by Gasteiger charge is -2.16.